The first-order valence-corrected chi connectivity index (χ1v) is 10.2. The van der Waals surface area contributed by atoms with Gasteiger partial charge in [0.1, 0.15) is 23.5 Å². The van der Waals surface area contributed by atoms with Gasteiger partial charge in [-0.3, -0.25) is 9.59 Å². The second-order valence-corrected chi connectivity index (χ2v) is 8.24. The minimum Gasteiger partial charge on any atom is -0.496 e. The first kappa shape index (κ1) is 26.2. The molecule has 2 aromatic rings. The number of carbonyl (C=O) groups excluding carboxylic acids is 3. The van der Waals surface area contributed by atoms with Crippen molar-refractivity contribution in [1.29, 1.82) is 0 Å². The number of ether oxygens (including phenoxy) is 3. The normalized spacial score (nSPS) is 11.8. The topological polar surface area (TPSA) is 82.1 Å². The largest absolute Gasteiger partial charge is 0.496 e. The average Bonchev–Trinajstić information content (AvgIpc) is 2.68. The summed E-state index contributed by atoms with van der Waals surface area (Å²) in [4.78, 5) is 38.5. The van der Waals surface area contributed by atoms with Gasteiger partial charge in [-0.2, -0.15) is 13.2 Å². The lowest BCUT2D eigenvalue weighted by Crippen LogP contribution is -2.43. The zero-order valence-corrected chi connectivity index (χ0v) is 19.4. The highest BCUT2D eigenvalue weighted by atomic mass is 35.5. The standard InChI is InChI=1S/C22H23ClF3NO6/c1-6-32-20(30)27(11-16(28)33-21(2,3)4)19(29)17-12-8-10-15(31-5)18(22(24,25)26)13(12)7-9-14(17)23/h7-10H,6,11H2,1-5H3. The van der Waals surface area contributed by atoms with Crippen LogP contribution in [0.4, 0.5) is 18.0 Å². The van der Waals surface area contributed by atoms with E-state index in [-0.39, 0.29) is 22.4 Å². The minimum atomic E-state index is -4.81. The second-order valence-electron chi connectivity index (χ2n) is 7.83. The molecule has 0 N–H and O–H groups in total. The molecule has 33 heavy (non-hydrogen) atoms. The van der Waals surface area contributed by atoms with Gasteiger partial charge in [-0.25, -0.2) is 9.69 Å². The molecule has 0 saturated carbocycles. The van der Waals surface area contributed by atoms with Crippen LogP contribution >= 0.6 is 11.6 Å². The predicted octanol–water partition coefficient (Wildman–Crippen LogP) is 5.46. The Kier molecular flexibility index (Phi) is 7.84. The number of rotatable bonds is 5. The van der Waals surface area contributed by atoms with Crippen LogP contribution in [0.3, 0.4) is 0 Å². The van der Waals surface area contributed by atoms with E-state index < -0.39 is 53.2 Å². The summed E-state index contributed by atoms with van der Waals surface area (Å²) in [7, 11) is 1.09. The third-order valence-corrected chi connectivity index (χ3v) is 4.58. The molecule has 180 valence electrons. The van der Waals surface area contributed by atoms with Crippen molar-refractivity contribution in [2.24, 2.45) is 0 Å². The summed E-state index contributed by atoms with van der Waals surface area (Å²) in [5.74, 6) is -2.49. The fraction of sp³-hybridized carbons (Fsp3) is 0.409. The Morgan fingerprint density at radius 2 is 1.64 bits per heavy atom. The first-order chi connectivity index (χ1) is 15.2. The van der Waals surface area contributed by atoms with Crippen LogP contribution in [0.2, 0.25) is 5.02 Å². The molecule has 0 heterocycles. The number of hydrogen-bond donors (Lipinski definition) is 0. The van der Waals surface area contributed by atoms with E-state index in [1.54, 1.807) is 20.8 Å². The van der Waals surface area contributed by atoms with E-state index >= 15 is 0 Å². The van der Waals surface area contributed by atoms with E-state index in [2.05, 4.69) is 0 Å². The third-order valence-electron chi connectivity index (χ3n) is 4.27. The van der Waals surface area contributed by atoms with Crippen LogP contribution in [0.5, 0.6) is 5.75 Å². The summed E-state index contributed by atoms with van der Waals surface area (Å²) >= 11 is 6.18. The molecule has 0 bridgehead atoms. The highest BCUT2D eigenvalue weighted by Crippen LogP contribution is 2.43. The maximum absolute atomic E-state index is 13.8. The summed E-state index contributed by atoms with van der Waals surface area (Å²) in [6, 6.07) is 4.46. The van der Waals surface area contributed by atoms with E-state index in [9.17, 15) is 27.6 Å². The maximum Gasteiger partial charge on any atom is 0.420 e. The van der Waals surface area contributed by atoms with Crippen molar-refractivity contribution in [2.45, 2.75) is 39.5 Å². The SMILES string of the molecule is CCOC(=O)N(CC(=O)OC(C)(C)C)C(=O)c1c(Cl)ccc2c(C(F)(F)F)c(OC)ccc12. The van der Waals surface area contributed by atoms with Gasteiger partial charge in [0.25, 0.3) is 5.91 Å². The summed E-state index contributed by atoms with van der Waals surface area (Å²) in [6.07, 6.45) is -5.98. The molecule has 7 nitrogen and oxygen atoms in total. The van der Waals surface area contributed by atoms with Gasteiger partial charge in [0.15, 0.2) is 0 Å². The van der Waals surface area contributed by atoms with Crippen LogP contribution in [-0.4, -0.2) is 48.7 Å². The highest BCUT2D eigenvalue weighted by Gasteiger charge is 2.38. The molecule has 2 rings (SSSR count). The number of benzene rings is 2. The molecule has 0 aliphatic carbocycles. The number of halogens is 4. The molecule has 0 spiro atoms. The van der Waals surface area contributed by atoms with Gasteiger partial charge < -0.3 is 14.2 Å². The smallest absolute Gasteiger partial charge is 0.420 e. The van der Waals surface area contributed by atoms with Crippen molar-refractivity contribution >= 4 is 40.3 Å². The van der Waals surface area contributed by atoms with Crippen molar-refractivity contribution < 1.29 is 41.8 Å². The lowest BCUT2D eigenvalue weighted by Gasteiger charge is -2.24. The van der Waals surface area contributed by atoms with E-state index in [4.69, 9.17) is 25.8 Å². The number of fused-ring (bicyclic) bond motifs is 1. The van der Waals surface area contributed by atoms with Crippen LogP contribution in [0.15, 0.2) is 24.3 Å². The zero-order valence-electron chi connectivity index (χ0n) is 18.6. The Bertz CT molecular complexity index is 1080. The fourth-order valence-electron chi connectivity index (χ4n) is 3.10. The quantitative estimate of drug-likeness (QED) is 0.519. The van der Waals surface area contributed by atoms with Gasteiger partial charge in [0, 0.05) is 0 Å². The van der Waals surface area contributed by atoms with Crippen LogP contribution in [0.25, 0.3) is 10.8 Å². The van der Waals surface area contributed by atoms with Gasteiger partial charge in [-0.15, -0.1) is 0 Å². The molecule has 0 radical (unpaired) electrons. The van der Waals surface area contributed by atoms with Crippen molar-refractivity contribution in [3.63, 3.8) is 0 Å². The van der Waals surface area contributed by atoms with Gasteiger partial charge in [0.2, 0.25) is 0 Å². The summed E-state index contributed by atoms with van der Waals surface area (Å²) in [6.45, 7) is 5.32. The zero-order chi connectivity index (χ0) is 25.1. The van der Waals surface area contributed by atoms with Crippen molar-refractivity contribution in [3.05, 3.63) is 40.4 Å². The Balaban J connectivity index is 2.68. The molecule has 11 heteroatoms. The number of hydrogen-bond acceptors (Lipinski definition) is 6. The lowest BCUT2D eigenvalue weighted by atomic mass is 9.98. The molecule has 0 unspecified atom stereocenters. The Morgan fingerprint density at radius 1 is 1.03 bits per heavy atom. The molecule has 0 atom stereocenters. The molecule has 0 fully saturated rings. The number of carbonyl (C=O) groups is 3. The van der Waals surface area contributed by atoms with Crippen LogP contribution in [0.1, 0.15) is 43.6 Å². The maximum atomic E-state index is 13.8. The van der Waals surface area contributed by atoms with Crippen LogP contribution in [0, 0.1) is 0 Å². The number of esters is 1. The summed E-state index contributed by atoms with van der Waals surface area (Å²) in [5.41, 5.74) is -2.42. The van der Waals surface area contributed by atoms with E-state index in [1.165, 1.54) is 13.0 Å². The molecule has 2 amide bonds. The molecular weight excluding hydrogens is 467 g/mol. The molecule has 0 saturated heterocycles. The second kappa shape index (κ2) is 9.86. The monoisotopic (exact) mass is 489 g/mol. The summed E-state index contributed by atoms with van der Waals surface area (Å²) < 4.78 is 56.2. The molecular formula is C22H23ClF3NO6. The lowest BCUT2D eigenvalue weighted by molar-refractivity contribution is -0.155. The fourth-order valence-corrected chi connectivity index (χ4v) is 3.34. The number of amides is 2. The van der Waals surface area contributed by atoms with Gasteiger partial charge in [0.05, 0.1) is 24.3 Å². The summed E-state index contributed by atoms with van der Waals surface area (Å²) in [5, 5.41) is -0.765. The Morgan fingerprint density at radius 3 is 2.15 bits per heavy atom. The van der Waals surface area contributed by atoms with Crippen molar-refractivity contribution in [1.82, 2.24) is 4.90 Å². The predicted molar refractivity (Wildman–Crippen MR) is 114 cm³/mol. The molecule has 0 aliphatic rings. The van der Waals surface area contributed by atoms with E-state index in [1.807, 2.05) is 0 Å². The molecule has 2 aromatic carbocycles. The van der Waals surface area contributed by atoms with Gasteiger partial charge in [-0.05, 0) is 56.7 Å². The van der Waals surface area contributed by atoms with Crippen LogP contribution in [-0.2, 0) is 20.4 Å². The first-order valence-electron chi connectivity index (χ1n) is 9.78. The number of alkyl halides is 3. The Hall–Kier alpha value is -3.01. The molecule has 0 aliphatic heterocycles. The number of nitrogens with zero attached hydrogens (tertiary/aromatic N) is 1. The third kappa shape index (κ3) is 6.07. The molecule has 0 aromatic heterocycles. The van der Waals surface area contributed by atoms with E-state index in [0.29, 0.717) is 4.90 Å². The van der Waals surface area contributed by atoms with Crippen LogP contribution < -0.4 is 4.74 Å². The highest BCUT2D eigenvalue weighted by molar-refractivity contribution is 6.36. The van der Waals surface area contributed by atoms with Gasteiger partial charge in [-0.1, -0.05) is 17.7 Å². The number of imide groups is 1. The Labute approximate surface area is 193 Å². The van der Waals surface area contributed by atoms with Crippen molar-refractivity contribution in [2.75, 3.05) is 20.3 Å². The van der Waals surface area contributed by atoms with Gasteiger partial charge >= 0.3 is 18.2 Å². The minimum absolute atomic E-state index is 0.115. The number of methoxy groups -OCH3 is 1. The van der Waals surface area contributed by atoms with E-state index in [0.717, 1.165) is 25.3 Å². The van der Waals surface area contributed by atoms with Crippen molar-refractivity contribution in [3.8, 4) is 5.75 Å². The average molecular weight is 490 g/mol.